The van der Waals surface area contributed by atoms with Crippen molar-refractivity contribution in [3.8, 4) is 0 Å². The Hall–Kier alpha value is -2.22. The maximum Gasteiger partial charge on any atom is 0.0486 e. The van der Waals surface area contributed by atoms with Gasteiger partial charge in [-0.1, -0.05) is 35.9 Å². The van der Waals surface area contributed by atoms with E-state index in [9.17, 15) is 0 Å². The van der Waals surface area contributed by atoms with E-state index in [1.165, 1.54) is 38.8 Å². The van der Waals surface area contributed by atoms with Crippen molar-refractivity contribution < 1.29 is 0 Å². The van der Waals surface area contributed by atoms with Crippen molar-refractivity contribution in [2.24, 2.45) is 0 Å². The lowest BCUT2D eigenvalue weighted by Crippen LogP contribution is -2.05. The predicted octanol–water partition coefficient (Wildman–Crippen LogP) is 4.75. The van der Waals surface area contributed by atoms with Gasteiger partial charge in [0.25, 0.3) is 0 Å². The van der Waals surface area contributed by atoms with E-state index in [0.29, 0.717) is 0 Å². The summed E-state index contributed by atoms with van der Waals surface area (Å²) >= 11 is 0. The van der Waals surface area contributed by atoms with Crippen LogP contribution in [-0.2, 0) is 6.42 Å². The van der Waals surface area contributed by atoms with Gasteiger partial charge in [-0.2, -0.15) is 0 Å². The van der Waals surface area contributed by atoms with Gasteiger partial charge in [0, 0.05) is 29.3 Å². The fraction of sp³-hybridized carbons (Fsp3) is 0.263. The van der Waals surface area contributed by atoms with Gasteiger partial charge >= 0.3 is 0 Å². The summed E-state index contributed by atoms with van der Waals surface area (Å²) in [4.78, 5) is 3.40. The molecule has 2 nitrogen and oxygen atoms in total. The van der Waals surface area contributed by atoms with Crippen LogP contribution in [0.1, 0.15) is 22.3 Å². The predicted molar refractivity (Wildman–Crippen MR) is 91.1 cm³/mol. The van der Waals surface area contributed by atoms with Crippen molar-refractivity contribution in [3.05, 3.63) is 64.8 Å². The van der Waals surface area contributed by atoms with Gasteiger partial charge in [0.05, 0.1) is 0 Å². The second-order valence-corrected chi connectivity index (χ2v) is 5.81. The summed E-state index contributed by atoms with van der Waals surface area (Å²) in [6, 6.07) is 13.0. The van der Waals surface area contributed by atoms with Gasteiger partial charge in [-0.15, -0.1) is 0 Å². The Kier molecular flexibility index (Phi) is 3.70. The van der Waals surface area contributed by atoms with Crippen LogP contribution in [0.5, 0.6) is 0 Å². The van der Waals surface area contributed by atoms with E-state index < -0.39 is 0 Å². The Morgan fingerprint density at radius 2 is 1.86 bits per heavy atom. The van der Waals surface area contributed by atoms with Crippen molar-refractivity contribution in [1.29, 1.82) is 0 Å². The number of rotatable bonds is 4. The average molecular weight is 278 g/mol. The molecule has 0 bridgehead atoms. The first-order valence-electron chi connectivity index (χ1n) is 7.52. The molecule has 0 aliphatic rings. The van der Waals surface area contributed by atoms with E-state index in [4.69, 9.17) is 0 Å². The molecule has 0 saturated carbocycles. The molecule has 0 aliphatic heterocycles. The monoisotopic (exact) mass is 278 g/mol. The third-order valence-electron chi connectivity index (χ3n) is 4.10. The normalized spacial score (nSPS) is 11.0. The number of para-hydroxylation sites is 1. The number of aromatic amines is 1. The number of fused-ring (bicyclic) bond motifs is 1. The second kappa shape index (κ2) is 5.65. The third-order valence-corrected chi connectivity index (χ3v) is 4.10. The maximum atomic E-state index is 3.54. The molecule has 0 radical (unpaired) electrons. The summed E-state index contributed by atoms with van der Waals surface area (Å²) in [6.07, 6.45) is 3.16. The molecule has 3 aromatic rings. The number of hydrogen-bond donors (Lipinski definition) is 2. The Labute approximate surface area is 126 Å². The Balaban J connectivity index is 1.71. The minimum atomic E-state index is 0.949. The fourth-order valence-electron chi connectivity index (χ4n) is 2.91. The lowest BCUT2D eigenvalue weighted by atomic mass is 10.1. The molecule has 0 atom stereocenters. The van der Waals surface area contributed by atoms with E-state index in [0.717, 1.165) is 13.0 Å². The quantitative estimate of drug-likeness (QED) is 0.708. The van der Waals surface area contributed by atoms with Gasteiger partial charge < -0.3 is 10.3 Å². The highest BCUT2D eigenvalue weighted by atomic mass is 14.9. The first-order chi connectivity index (χ1) is 10.1. The van der Waals surface area contributed by atoms with Crippen molar-refractivity contribution in [3.63, 3.8) is 0 Å². The van der Waals surface area contributed by atoms with E-state index in [2.05, 4.69) is 73.7 Å². The number of hydrogen-bond acceptors (Lipinski definition) is 1. The van der Waals surface area contributed by atoms with Crippen molar-refractivity contribution in [2.45, 2.75) is 27.2 Å². The Bertz CT molecular complexity index is 768. The number of H-pyrrole nitrogens is 1. The van der Waals surface area contributed by atoms with Crippen LogP contribution in [0.15, 0.2) is 42.6 Å². The summed E-state index contributed by atoms with van der Waals surface area (Å²) in [5, 5.41) is 4.89. The van der Waals surface area contributed by atoms with E-state index >= 15 is 0 Å². The van der Waals surface area contributed by atoms with Crippen LogP contribution < -0.4 is 5.32 Å². The minimum Gasteiger partial charge on any atom is -0.384 e. The fourth-order valence-corrected chi connectivity index (χ4v) is 2.91. The summed E-state index contributed by atoms with van der Waals surface area (Å²) in [5.41, 5.74) is 7.80. The standard InChI is InChI=1S/C19H22N2/c1-13-7-8-18(15(3)11-13)20-10-9-16-12-21-19-14(2)5-4-6-17(16)19/h4-8,11-12,20-21H,9-10H2,1-3H3. The molecule has 2 heteroatoms. The van der Waals surface area contributed by atoms with Crippen LogP contribution >= 0.6 is 0 Å². The molecule has 0 amide bonds. The van der Waals surface area contributed by atoms with Gasteiger partial charge in [0.1, 0.15) is 0 Å². The molecule has 21 heavy (non-hydrogen) atoms. The molecule has 2 N–H and O–H groups in total. The summed E-state index contributed by atoms with van der Waals surface area (Å²) < 4.78 is 0. The molecular weight excluding hydrogens is 256 g/mol. The summed E-state index contributed by atoms with van der Waals surface area (Å²) in [6.45, 7) is 7.39. The first-order valence-corrected chi connectivity index (χ1v) is 7.52. The lowest BCUT2D eigenvalue weighted by molar-refractivity contribution is 1.02. The molecule has 0 saturated heterocycles. The van der Waals surface area contributed by atoms with Crippen molar-refractivity contribution >= 4 is 16.6 Å². The molecule has 2 aromatic carbocycles. The average Bonchev–Trinajstić information content (AvgIpc) is 2.86. The van der Waals surface area contributed by atoms with Crippen LogP contribution in [0, 0.1) is 20.8 Å². The summed E-state index contributed by atoms with van der Waals surface area (Å²) in [7, 11) is 0. The number of nitrogens with one attached hydrogen (secondary N) is 2. The first kappa shape index (κ1) is 13.7. The summed E-state index contributed by atoms with van der Waals surface area (Å²) in [5.74, 6) is 0. The van der Waals surface area contributed by atoms with Gasteiger partial charge in [-0.3, -0.25) is 0 Å². The topological polar surface area (TPSA) is 27.8 Å². The highest BCUT2D eigenvalue weighted by molar-refractivity contribution is 5.85. The zero-order valence-electron chi connectivity index (χ0n) is 13.0. The van der Waals surface area contributed by atoms with Crippen LogP contribution in [-0.4, -0.2) is 11.5 Å². The van der Waals surface area contributed by atoms with Gasteiger partial charge in [0.2, 0.25) is 0 Å². The Morgan fingerprint density at radius 1 is 1.00 bits per heavy atom. The van der Waals surface area contributed by atoms with E-state index in [-0.39, 0.29) is 0 Å². The van der Waals surface area contributed by atoms with E-state index in [1.54, 1.807) is 0 Å². The van der Waals surface area contributed by atoms with Gasteiger partial charge in [-0.05, 0) is 49.9 Å². The molecule has 108 valence electrons. The van der Waals surface area contributed by atoms with E-state index in [1.807, 2.05) is 0 Å². The van der Waals surface area contributed by atoms with Crippen LogP contribution in [0.3, 0.4) is 0 Å². The molecule has 0 fully saturated rings. The minimum absolute atomic E-state index is 0.949. The highest BCUT2D eigenvalue weighted by Crippen LogP contribution is 2.22. The zero-order valence-corrected chi connectivity index (χ0v) is 13.0. The molecule has 0 aliphatic carbocycles. The van der Waals surface area contributed by atoms with Crippen LogP contribution in [0.4, 0.5) is 5.69 Å². The smallest absolute Gasteiger partial charge is 0.0486 e. The maximum absolute atomic E-state index is 3.54. The second-order valence-electron chi connectivity index (χ2n) is 5.81. The molecule has 1 aromatic heterocycles. The number of anilines is 1. The largest absolute Gasteiger partial charge is 0.384 e. The molecule has 0 unspecified atom stereocenters. The number of benzene rings is 2. The number of aromatic nitrogens is 1. The number of aryl methyl sites for hydroxylation is 3. The van der Waals surface area contributed by atoms with Gasteiger partial charge in [0.15, 0.2) is 0 Å². The third kappa shape index (κ3) is 2.80. The Morgan fingerprint density at radius 3 is 2.67 bits per heavy atom. The highest BCUT2D eigenvalue weighted by Gasteiger charge is 2.05. The van der Waals surface area contributed by atoms with Crippen LogP contribution in [0.2, 0.25) is 0 Å². The molecular formula is C19H22N2. The SMILES string of the molecule is Cc1ccc(NCCc2c[nH]c3c(C)cccc23)c(C)c1. The molecule has 3 rings (SSSR count). The van der Waals surface area contributed by atoms with Crippen molar-refractivity contribution in [1.82, 2.24) is 4.98 Å². The molecule has 0 spiro atoms. The lowest BCUT2D eigenvalue weighted by Gasteiger charge is -2.10. The molecule has 1 heterocycles. The van der Waals surface area contributed by atoms with Gasteiger partial charge in [-0.25, -0.2) is 0 Å². The van der Waals surface area contributed by atoms with Crippen molar-refractivity contribution in [2.75, 3.05) is 11.9 Å². The van der Waals surface area contributed by atoms with Crippen LogP contribution in [0.25, 0.3) is 10.9 Å². The zero-order chi connectivity index (χ0) is 14.8.